The van der Waals surface area contributed by atoms with Gasteiger partial charge in [-0.05, 0) is 24.6 Å². The van der Waals surface area contributed by atoms with E-state index in [0.29, 0.717) is 22.0 Å². The molecule has 0 saturated heterocycles. The molecule has 1 heterocycles. The molecule has 0 spiro atoms. The zero-order valence-corrected chi connectivity index (χ0v) is 10.2. The van der Waals surface area contributed by atoms with Gasteiger partial charge >= 0.3 is 0 Å². The lowest BCUT2D eigenvalue weighted by Gasteiger charge is -2.03. The first kappa shape index (κ1) is 11.1. The Labute approximate surface area is 100 Å². The monoisotopic (exact) mass is 284 g/mol. The molecule has 0 aliphatic rings. The van der Waals surface area contributed by atoms with Gasteiger partial charge in [0.2, 0.25) is 5.88 Å². The predicted molar refractivity (Wildman–Crippen MR) is 61.9 cm³/mol. The summed E-state index contributed by atoms with van der Waals surface area (Å²) in [6.07, 6.45) is 0.327. The summed E-state index contributed by atoms with van der Waals surface area (Å²) in [6, 6.07) is 4.86. The third kappa shape index (κ3) is 2.09. The van der Waals surface area contributed by atoms with Gasteiger partial charge in [0.25, 0.3) is 0 Å². The quantitative estimate of drug-likeness (QED) is 0.891. The summed E-state index contributed by atoms with van der Waals surface area (Å²) in [5.41, 5.74) is 1.91. The average Bonchev–Trinajstić information content (AvgIpc) is 2.53. The molecular weight excluding hydrogens is 275 g/mol. The first-order valence-electron chi connectivity index (χ1n) is 4.74. The Bertz CT molecular complexity index is 505. The second-order valence-corrected chi connectivity index (χ2v) is 4.48. The molecule has 2 aromatic rings. The number of benzene rings is 1. The Morgan fingerprint density at radius 1 is 1.50 bits per heavy atom. The van der Waals surface area contributed by atoms with Gasteiger partial charge in [0.1, 0.15) is 5.82 Å². The molecule has 3 nitrogen and oxygen atoms in total. The topological polar surface area (TPSA) is 48.9 Å². The second kappa shape index (κ2) is 4.25. The van der Waals surface area contributed by atoms with Crippen molar-refractivity contribution in [3.8, 4) is 5.88 Å². The van der Waals surface area contributed by atoms with Crippen LogP contribution in [0.5, 0.6) is 5.88 Å². The van der Waals surface area contributed by atoms with Crippen LogP contribution in [0.15, 0.2) is 22.7 Å². The van der Waals surface area contributed by atoms with Crippen LogP contribution in [0.25, 0.3) is 0 Å². The molecule has 0 radical (unpaired) electrons. The Balaban J connectivity index is 2.34. The summed E-state index contributed by atoms with van der Waals surface area (Å²) >= 11 is 3.20. The molecule has 2 rings (SSSR count). The van der Waals surface area contributed by atoms with Crippen LogP contribution in [-0.2, 0) is 6.42 Å². The van der Waals surface area contributed by atoms with Crippen molar-refractivity contribution >= 4 is 15.9 Å². The van der Waals surface area contributed by atoms with E-state index in [4.69, 9.17) is 0 Å². The number of nitrogens with zero attached hydrogens (tertiary/aromatic N) is 1. The van der Waals surface area contributed by atoms with Gasteiger partial charge < -0.3 is 5.11 Å². The highest BCUT2D eigenvalue weighted by Gasteiger charge is 2.12. The molecule has 1 aromatic heterocycles. The number of halogens is 2. The molecule has 0 bridgehead atoms. The van der Waals surface area contributed by atoms with Crippen LogP contribution in [0.1, 0.15) is 16.8 Å². The maximum atomic E-state index is 13.6. The largest absolute Gasteiger partial charge is 0.492 e. The summed E-state index contributed by atoms with van der Waals surface area (Å²) in [6.45, 7) is 1.79. The SMILES string of the molecule is Cc1[nH]nc(O)c1Cc1ccc(Br)cc1F. The standard InChI is InChI=1S/C11H10BrFN2O/c1-6-9(11(16)15-14-6)4-7-2-3-8(12)5-10(7)13/h2-3,5H,4H2,1H3,(H2,14,15,16). The number of H-pyrrole nitrogens is 1. The highest BCUT2D eigenvalue weighted by Crippen LogP contribution is 2.23. The van der Waals surface area contributed by atoms with Gasteiger partial charge in [-0.15, -0.1) is 5.10 Å². The van der Waals surface area contributed by atoms with Crippen molar-refractivity contribution in [1.29, 1.82) is 0 Å². The number of hydrogen-bond acceptors (Lipinski definition) is 2. The van der Waals surface area contributed by atoms with E-state index in [0.717, 1.165) is 5.69 Å². The lowest BCUT2D eigenvalue weighted by molar-refractivity contribution is 0.446. The minimum atomic E-state index is -0.297. The fourth-order valence-corrected chi connectivity index (χ4v) is 1.84. The number of aryl methyl sites for hydroxylation is 1. The number of hydrogen-bond donors (Lipinski definition) is 2. The van der Waals surface area contributed by atoms with E-state index in [2.05, 4.69) is 26.1 Å². The van der Waals surface area contributed by atoms with Crippen LogP contribution in [0.4, 0.5) is 4.39 Å². The summed E-state index contributed by atoms with van der Waals surface area (Å²) in [5.74, 6) is -0.366. The zero-order chi connectivity index (χ0) is 11.7. The molecule has 0 amide bonds. The zero-order valence-electron chi connectivity index (χ0n) is 8.59. The smallest absolute Gasteiger partial charge is 0.233 e. The minimum absolute atomic E-state index is 0.0696. The van der Waals surface area contributed by atoms with Crippen LogP contribution in [0.3, 0.4) is 0 Å². The van der Waals surface area contributed by atoms with E-state index < -0.39 is 0 Å². The number of aromatic amines is 1. The molecule has 1 aromatic carbocycles. The van der Waals surface area contributed by atoms with Crippen LogP contribution in [0, 0.1) is 12.7 Å². The molecule has 0 atom stereocenters. The fourth-order valence-electron chi connectivity index (χ4n) is 1.51. The normalized spacial score (nSPS) is 10.7. The van der Waals surface area contributed by atoms with Gasteiger partial charge in [0, 0.05) is 22.2 Å². The summed E-state index contributed by atoms with van der Waals surface area (Å²) in [5, 5.41) is 15.8. The molecule has 0 fully saturated rings. The maximum absolute atomic E-state index is 13.6. The van der Waals surface area contributed by atoms with Gasteiger partial charge in [-0.2, -0.15) is 0 Å². The lowest BCUT2D eigenvalue weighted by Crippen LogP contribution is -1.93. The first-order chi connectivity index (χ1) is 7.58. The molecule has 0 aliphatic carbocycles. The van der Waals surface area contributed by atoms with E-state index in [1.54, 1.807) is 19.1 Å². The van der Waals surface area contributed by atoms with E-state index in [1.165, 1.54) is 6.07 Å². The van der Waals surface area contributed by atoms with Gasteiger partial charge in [0.05, 0.1) is 0 Å². The van der Waals surface area contributed by atoms with Crippen molar-refractivity contribution in [3.63, 3.8) is 0 Å². The maximum Gasteiger partial charge on any atom is 0.233 e. The van der Waals surface area contributed by atoms with Crippen LogP contribution < -0.4 is 0 Å². The van der Waals surface area contributed by atoms with Crippen molar-refractivity contribution in [2.75, 3.05) is 0 Å². The van der Waals surface area contributed by atoms with Crippen LogP contribution >= 0.6 is 15.9 Å². The van der Waals surface area contributed by atoms with Gasteiger partial charge in [-0.3, -0.25) is 5.10 Å². The van der Waals surface area contributed by atoms with Gasteiger partial charge in [-0.25, -0.2) is 4.39 Å². The Morgan fingerprint density at radius 3 is 2.81 bits per heavy atom. The first-order valence-corrected chi connectivity index (χ1v) is 5.54. The Kier molecular flexibility index (Phi) is 2.96. The van der Waals surface area contributed by atoms with Gasteiger partial charge in [-0.1, -0.05) is 22.0 Å². The Hall–Kier alpha value is -1.36. The van der Waals surface area contributed by atoms with Crippen molar-refractivity contribution in [3.05, 3.63) is 45.3 Å². The van der Waals surface area contributed by atoms with Crippen molar-refractivity contribution in [2.45, 2.75) is 13.3 Å². The molecule has 0 aliphatic heterocycles. The van der Waals surface area contributed by atoms with E-state index in [9.17, 15) is 9.50 Å². The summed E-state index contributed by atoms with van der Waals surface area (Å²) < 4.78 is 14.3. The third-order valence-corrected chi connectivity index (χ3v) is 2.93. The third-order valence-electron chi connectivity index (χ3n) is 2.43. The van der Waals surface area contributed by atoms with Crippen molar-refractivity contribution in [2.24, 2.45) is 0 Å². The molecular formula is C11H10BrFN2O. The van der Waals surface area contributed by atoms with Crippen LogP contribution in [0.2, 0.25) is 0 Å². The molecule has 2 N–H and O–H groups in total. The van der Waals surface area contributed by atoms with Crippen LogP contribution in [-0.4, -0.2) is 15.3 Å². The second-order valence-electron chi connectivity index (χ2n) is 3.56. The molecule has 16 heavy (non-hydrogen) atoms. The molecule has 0 saturated carbocycles. The molecule has 84 valence electrons. The van der Waals surface area contributed by atoms with Crippen molar-refractivity contribution < 1.29 is 9.50 Å². The predicted octanol–water partition coefficient (Wildman–Crippen LogP) is 2.92. The number of aromatic hydroxyl groups is 1. The Morgan fingerprint density at radius 2 is 2.25 bits per heavy atom. The molecule has 0 unspecified atom stereocenters. The van der Waals surface area contributed by atoms with E-state index in [-0.39, 0.29) is 11.7 Å². The number of aromatic nitrogens is 2. The summed E-state index contributed by atoms with van der Waals surface area (Å²) in [4.78, 5) is 0. The van der Waals surface area contributed by atoms with Gasteiger partial charge in [0.15, 0.2) is 0 Å². The molecule has 5 heteroatoms. The highest BCUT2D eigenvalue weighted by atomic mass is 79.9. The summed E-state index contributed by atoms with van der Waals surface area (Å²) in [7, 11) is 0. The highest BCUT2D eigenvalue weighted by molar-refractivity contribution is 9.10. The fraction of sp³-hybridized carbons (Fsp3) is 0.182. The number of nitrogens with one attached hydrogen (secondary N) is 1. The average molecular weight is 285 g/mol. The van der Waals surface area contributed by atoms with E-state index in [1.807, 2.05) is 0 Å². The minimum Gasteiger partial charge on any atom is -0.492 e. The van der Waals surface area contributed by atoms with E-state index >= 15 is 0 Å². The van der Waals surface area contributed by atoms with Crippen molar-refractivity contribution in [1.82, 2.24) is 10.2 Å². The lowest BCUT2D eigenvalue weighted by atomic mass is 10.1. The number of rotatable bonds is 2.